The van der Waals surface area contributed by atoms with Crippen LogP contribution in [0.4, 0.5) is 0 Å². The van der Waals surface area contributed by atoms with Crippen LogP contribution in [0.25, 0.3) is 0 Å². The van der Waals surface area contributed by atoms with E-state index in [0.717, 1.165) is 18.2 Å². The largest absolute Gasteiger partial charge is 0.286 e. The molecule has 108 valence electrons. The lowest BCUT2D eigenvalue weighted by atomic mass is 9.82. The van der Waals surface area contributed by atoms with Crippen LogP contribution in [-0.4, -0.2) is 33.1 Å². The number of hydrogen-bond donors (Lipinski definition) is 0. The molecule has 0 aromatic rings. The maximum atomic E-state index is 12.5. The number of rotatable bonds is 3. The van der Waals surface area contributed by atoms with Gasteiger partial charge >= 0.3 is 0 Å². The molecule has 4 nitrogen and oxygen atoms in total. The smallest absolute Gasteiger partial charge is 0.242 e. The highest BCUT2D eigenvalue weighted by atomic mass is 32.2. The number of carbonyl (C=O) groups is 3. The number of hydrogen-bond acceptors (Lipinski definition) is 4. The highest BCUT2D eigenvalue weighted by Gasteiger charge is 2.59. The lowest BCUT2D eigenvalue weighted by Crippen LogP contribution is -2.46. The van der Waals surface area contributed by atoms with Crippen LogP contribution in [0, 0.1) is 11.3 Å². The Hall–Kier alpha value is -0.840. The van der Waals surface area contributed by atoms with E-state index in [1.54, 1.807) is 13.8 Å². The zero-order valence-corrected chi connectivity index (χ0v) is 13.4. The Morgan fingerprint density at radius 2 is 1.84 bits per heavy atom. The van der Waals surface area contributed by atoms with Crippen LogP contribution >= 0.6 is 11.8 Å². The van der Waals surface area contributed by atoms with Crippen LogP contribution in [0.5, 0.6) is 0 Å². The number of imide groups is 1. The molecule has 1 atom stereocenters. The van der Waals surface area contributed by atoms with Gasteiger partial charge < -0.3 is 0 Å². The Bertz CT molecular complexity index is 409. The monoisotopic (exact) mass is 285 g/mol. The Balaban J connectivity index is 3.10. The van der Waals surface area contributed by atoms with Crippen molar-refractivity contribution in [3.05, 3.63) is 0 Å². The summed E-state index contributed by atoms with van der Waals surface area (Å²) in [5.74, 6) is -0.769. The molecular formula is C14H23NO3S. The first kappa shape index (κ1) is 16.2. The molecule has 19 heavy (non-hydrogen) atoms. The van der Waals surface area contributed by atoms with Crippen LogP contribution in [0.3, 0.4) is 0 Å². The van der Waals surface area contributed by atoms with Gasteiger partial charge in [0.2, 0.25) is 16.9 Å². The number of likely N-dealkylation sites (tertiary alicyclic amines) is 1. The molecule has 1 saturated heterocycles. The van der Waals surface area contributed by atoms with Crippen molar-refractivity contribution in [2.75, 3.05) is 5.75 Å². The van der Waals surface area contributed by atoms with Crippen molar-refractivity contribution < 1.29 is 14.4 Å². The summed E-state index contributed by atoms with van der Waals surface area (Å²) in [6.45, 7) is 10.8. The number of carbonyl (C=O) groups excluding carboxylic acids is 3. The second-order valence-electron chi connectivity index (χ2n) is 6.47. The van der Waals surface area contributed by atoms with Crippen LogP contribution < -0.4 is 0 Å². The molecule has 1 aliphatic rings. The average Bonchev–Trinajstić information content (AvgIpc) is 2.41. The maximum absolute atomic E-state index is 12.5. The molecule has 0 aromatic carbocycles. The number of thioether (sulfide) groups is 1. The van der Waals surface area contributed by atoms with Gasteiger partial charge in [-0.15, -0.1) is 0 Å². The third-order valence-electron chi connectivity index (χ3n) is 3.30. The molecule has 5 heteroatoms. The SMILES string of the molecule is CCCSC(=O)C1C(=O)N(C(C)(C)C)C(=O)C1(C)C. The van der Waals surface area contributed by atoms with Gasteiger partial charge in [-0.1, -0.05) is 18.7 Å². The quantitative estimate of drug-likeness (QED) is 0.590. The van der Waals surface area contributed by atoms with Crippen molar-refractivity contribution >= 4 is 28.7 Å². The predicted molar refractivity (Wildman–Crippen MR) is 76.6 cm³/mol. The first-order valence-corrected chi connectivity index (χ1v) is 7.58. The van der Waals surface area contributed by atoms with E-state index in [9.17, 15) is 14.4 Å². The fourth-order valence-electron chi connectivity index (χ4n) is 2.27. The summed E-state index contributed by atoms with van der Waals surface area (Å²) in [6, 6.07) is 0. The summed E-state index contributed by atoms with van der Waals surface area (Å²) < 4.78 is 0. The van der Waals surface area contributed by atoms with Gasteiger partial charge in [-0.3, -0.25) is 19.3 Å². The van der Waals surface area contributed by atoms with Crippen molar-refractivity contribution in [3.63, 3.8) is 0 Å². The lowest BCUT2D eigenvalue weighted by molar-refractivity contribution is -0.146. The van der Waals surface area contributed by atoms with Gasteiger partial charge in [0, 0.05) is 11.3 Å². The highest BCUT2D eigenvalue weighted by molar-refractivity contribution is 8.13. The summed E-state index contributed by atoms with van der Waals surface area (Å²) >= 11 is 1.16. The van der Waals surface area contributed by atoms with Crippen LogP contribution in [-0.2, 0) is 14.4 Å². The van der Waals surface area contributed by atoms with Crippen molar-refractivity contribution in [2.45, 2.75) is 53.5 Å². The van der Waals surface area contributed by atoms with Gasteiger partial charge in [0.15, 0.2) is 0 Å². The van der Waals surface area contributed by atoms with Gasteiger partial charge in [0.25, 0.3) is 0 Å². The van der Waals surface area contributed by atoms with Gasteiger partial charge in [0.05, 0.1) is 5.41 Å². The minimum absolute atomic E-state index is 0.183. The first-order chi connectivity index (χ1) is 8.55. The van der Waals surface area contributed by atoms with E-state index < -0.39 is 16.9 Å². The molecule has 0 bridgehead atoms. The zero-order chi connectivity index (χ0) is 15.0. The molecule has 0 aromatic heterocycles. The summed E-state index contributed by atoms with van der Waals surface area (Å²) in [5.41, 5.74) is -1.53. The van der Waals surface area contributed by atoms with E-state index in [-0.39, 0.29) is 16.9 Å². The van der Waals surface area contributed by atoms with Crippen molar-refractivity contribution in [1.29, 1.82) is 0 Å². The van der Waals surface area contributed by atoms with E-state index >= 15 is 0 Å². The Kier molecular flexibility index (Phi) is 4.50. The van der Waals surface area contributed by atoms with Crippen LogP contribution in [0.1, 0.15) is 48.0 Å². The second-order valence-corrected chi connectivity index (χ2v) is 7.57. The van der Waals surface area contributed by atoms with E-state index in [4.69, 9.17) is 0 Å². The lowest BCUT2D eigenvalue weighted by Gasteiger charge is -2.30. The van der Waals surface area contributed by atoms with Gasteiger partial charge in [-0.05, 0) is 41.0 Å². The van der Waals surface area contributed by atoms with E-state index in [0.29, 0.717) is 5.75 Å². The molecule has 0 spiro atoms. The Morgan fingerprint density at radius 3 is 2.21 bits per heavy atom. The molecule has 1 rings (SSSR count). The van der Waals surface area contributed by atoms with Crippen molar-refractivity contribution in [2.24, 2.45) is 11.3 Å². The van der Waals surface area contributed by atoms with Crippen LogP contribution in [0.15, 0.2) is 0 Å². The fraction of sp³-hybridized carbons (Fsp3) is 0.786. The average molecular weight is 285 g/mol. The van der Waals surface area contributed by atoms with Gasteiger partial charge in [0.1, 0.15) is 5.92 Å². The van der Waals surface area contributed by atoms with E-state index in [1.165, 1.54) is 4.90 Å². The standard InChI is InChI=1S/C14H23NO3S/c1-7-8-19-11(17)9-10(16)15(13(2,3)4)12(18)14(9,5)6/h9H,7-8H2,1-6H3. The molecular weight excluding hydrogens is 262 g/mol. The molecule has 0 aliphatic carbocycles. The third-order valence-corrected chi connectivity index (χ3v) is 4.43. The summed E-state index contributed by atoms with van der Waals surface area (Å²) in [5, 5.41) is -0.183. The normalized spacial score (nSPS) is 23.1. The summed E-state index contributed by atoms with van der Waals surface area (Å²) in [6.07, 6.45) is 0.870. The van der Waals surface area contributed by atoms with Crippen LogP contribution in [0.2, 0.25) is 0 Å². The number of amides is 2. The fourth-order valence-corrected chi connectivity index (χ4v) is 3.23. The minimum Gasteiger partial charge on any atom is -0.286 e. The first-order valence-electron chi connectivity index (χ1n) is 6.60. The molecule has 1 fully saturated rings. The Labute approximate surface area is 119 Å². The van der Waals surface area contributed by atoms with Crippen molar-refractivity contribution in [1.82, 2.24) is 4.90 Å². The van der Waals surface area contributed by atoms with E-state index in [1.807, 2.05) is 27.7 Å². The number of nitrogens with zero attached hydrogens (tertiary/aromatic N) is 1. The van der Waals surface area contributed by atoms with Crippen molar-refractivity contribution in [3.8, 4) is 0 Å². The molecule has 1 unspecified atom stereocenters. The van der Waals surface area contributed by atoms with Gasteiger partial charge in [-0.25, -0.2) is 0 Å². The molecule has 1 aliphatic heterocycles. The summed E-state index contributed by atoms with van der Waals surface area (Å²) in [4.78, 5) is 38.3. The van der Waals surface area contributed by atoms with E-state index in [2.05, 4.69) is 0 Å². The molecule has 0 radical (unpaired) electrons. The second kappa shape index (κ2) is 5.27. The Morgan fingerprint density at radius 1 is 1.32 bits per heavy atom. The molecule has 2 amide bonds. The molecule has 0 N–H and O–H groups in total. The molecule has 0 saturated carbocycles. The maximum Gasteiger partial charge on any atom is 0.242 e. The summed E-state index contributed by atoms with van der Waals surface area (Å²) in [7, 11) is 0. The highest BCUT2D eigenvalue weighted by Crippen LogP contribution is 2.43. The van der Waals surface area contributed by atoms with Gasteiger partial charge in [-0.2, -0.15) is 0 Å². The topological polar surface area (TPSA) is 54.5 Å². The molecule has 1 heterocycles. The predicted octanol–water partition coefficient (Wildman–Crippen LogP) is 2.47. The third kappa shape index (κ3) is 2.86. The zero-order valence-electron chi connectivity index (χ0n) is 12.6. The minimum atomic E-state index is -0.942.